The molecule has 0 spiro atoms. The lowest BCUT2D eigenvalue weighted by Gasteiger charge is -2.37. The Morgan fingerprint density at radius 2 is 1.03 bits per heavy atom. The van der Waals surface area contributed by atoms with Gasteiger partial charge in [0.05, 0.1) is 37.6 Å². The second kappa shape index (κ2) is 8.20. The average Bonchev–Trinajstić information content (AvgIpc) is 2.73. The summed E-state index contributed by atoms with van der Waals surface area (Å²) in [5.41, 5.74) is 2.78. The van der Waals surface area contributed by atoms with Crippen LogP contribution in [0.2, 0.25) is 0 Å². The molecule has 30 heavy (non-hydrogen) atoms. The van der Waals surface area contributed by atoms with Gasteiger partial charge in [0.25, 0.3) is 0 Å². The molecule has 2 saturated heterocycles. The van der Waals surface area contributed by atoms with E-state index in [0.717, 1.165) is 11.1 Å². The topological polar surface area (TPSA) is 71.1 Å². The Bertz CT molecular complexity index is 830. The van der Waals surface area contributed by atoms with Gasteiger partial charge in [0.1, 0.15) is 13.2 Å². The van der Waals surface area contributed by atoms with Crippen LogP contribution in [0.3, 0.4) is 0 Å². The first kappa shape index (κ1) is 20.6. The standard InChI is InChI=1S/C24H26O6/c1-23(11-27-12-23)15-29-21(25)19-7-3-17(4-8-19)18-5-9-20(10-6-18)22(26)30-16-24(2)13-28-14-24/h3-10H,11-16H2,1-2H3. The van der Waals surface area contributed by atoms with E-state index in [1.165, 1.54) is 0 Å². The van der Waals surface area contributed by atoms with Gasteiger partial charge in [0.2, 0.25) is 0 Å². The van der Waals surface area contributed by atoms with Crippen molar-refractivity contribution >= 4 is 11.9 Å². The molecule has 2 fully saturated rings. The molecule has 0 amide bonds. The van der Waals surface area contributed by atoms with Gasteiger partial charge in [-0.1, -0.05) is 38.1 Å². The molecule has 158 valence electrons. The number of rotatable bonds is 7. The van der Waals surface area contributed by atoms with Gasteiger partial charge >= 0.3 is 11.9 Å². The van der Waals surface area contributed by atoms with E-state index in [0.29, 0.717) is 50.8 Å². The van der Waals surface area contributed by atoms with E-state index in [1.54, 1.807) is 24.3 Å². The zero-order valence-electron chi connectivity index (χ0n) is 17.3. The van der Waals surface area contributed by atoms with Crippen molar-refractivity contribution in [2.75, 3.05) is 39.6 Å². The van der Waals surface area contributed by atoms with Crippen LogP contribution >= 0.6 is 0 Å². The molecule has 2 aliphatic heterocycles. The Hall–Kier alpha value is -2.70. The number of esters is 2. The van der Waals surface area contributed by atoms with Crippen LogP contribution < -0.4 is 0 Å². The summed E-state index contributed by atoms with van der Waals surface area (Å²) < 4.78 is 21.2. The largest absolute Gasteiger partial charge is 0.461 e. The fraction of sp³-hybridized carbons (Fsp3) is 0.417. The minimum Gasteiger partial charge on any atom is -0.461 e. The van der Waals surface area contributed by atoms with Crippen LogP contribution in [0.1, 0.15) is 34.6 Å². The fourth-order valence-electron chi connectivity index (χ4n) is 3.31. The molecule has 0 atom stereocenters. The second-order valence-corrected chi connectivity index (χ2v) is 8.91. The monoisotopic (exact) mass is 410 g/mol. The van der Waals surface area contributed by atoms with Crippen molar-refractivity contribution in [3.05, 3.63) is 59.7 Å². The first-order valence-electron chi connectivity index (χ1n) is 10.1. The maximum Gasteiger partial charge on any atom is 0.338 e. The second-order valence-electron chi connectivity index (χ2n) is 8.91. The van der Waals surface area contributed by atoms with Crippen LogP contribution in [0.15, 0.2) is 48.5 Å². The van der Waals surface area contributed by atoms with Crippen LogP contribution in [0.5, 0.6) is 0 Å². The van der Waals surface area contributed by atoms with E-state index < -0.39 is 0 Å². The van der Waals surface area contributed by atoms with Crippen molar-refractivity contribution in [2.24, 2.45) is 10.8 Å². The molecular formula is C24H26O6. The molecule has 2 aromatic carbocycles. The molecule has 2 aliphatic rings. The summed E-state index contributed by atoms with van der Waals surface area (Å²) in [5, 5.41) is 0. The summed E-state index contributed by atoms with van der Waals surface area (Å²) in [7, 11) is 0. The van der Waals surface area contributed by atoms with E-state index in [-0.39, 0.29) is 22.8 Å². The van der Waals surface area contributed by atoms with Crippen LogP contribution in [0.25, 0.3) is 11.1 Å². The number of benzene rings is 2. The lowest BCUT2D eigenvalue weighted by Crippen LogP contribution is -2.44. The van der Waals surface area contributed by atoms with E-state index in [9.17, 15) is 9.59 Å². The van der Waals surface area contributed by atoms with Crippen LogP contribution in [0, 0.1) is 10.8 Å². The molecule has 0 saturated carbocycles. The van der Waals surface area contributed by atoms with Gasteiger partial charge < -0.3 is 18.9 Å². The molecule has 0 aliphatic carbocycles. The Balaban J connectivity index is 1.33. The fourth-order valence-corrected chi connectivity index (χ4v) is 3.31. The summed E-state index contributed by atoms with van der Waals surface area (Å²) in [4.78, 5) is 24.5. The van der Waals surface area contributed by atoms with Crippen molar-refractivity contribution in [2.45, 2.75) is 13.8 Å². The molecule has 2 heterocycles. The Morgan fingerprint density at radius 1 is 0.700 bits per heavy atom. The molecule has 0 aromatic heterocycles. The molecule has 2 aromatic rings. The minimum absolute atomic E-state index is 0.0676. The van der Waals surface area contributed by atoms with Gasteiger partial charge in [-0.25, -0.2) is 9.59 Å². The summed E-state index contributed by atoms with van der Waals surface area (Å²) in [6.45, 7) is 7.28. The number of hydrogen-bond acceptors (Lipinski definition) is 6. The maximum absolute atomic E-state index is 12.2. The van der Waals surface area contributed by atoms with Crippen molar-refractivity contribution in [3.63, 3.8) is 0 Å². The molecule has 0 unspecified atom stereocenters. The minimum atomic E-state index is -0.335. The highest BCUT2D eigenvalue weighted by atomic mass is 16.6. The normalized spacial score (nSPS) is 18.6. The van der Waals surface area contributed by atoms with Gasteiger partial charge in [-0.3, -0.25) is 0 Å². The van der Waals surface area contributed by atoms with Crippen molar-refractivity contribution in [1.29, 1.82) is 0 Å². The van der Waals surface area contributed by atoms with E-state index in [4.69, 9.17) is 18.9 Å². The first-order valence-corrected chi connectivity index (χ1v) is 10.1. The third kappa shape index (κ3) is 4.55. The van der Waals surface area contributed by atoms with Crippen molar-refractivity contribution in [1.82, 2.24) is 0 Å². The van der Waals surface area contributed by atoms with Gasteiger partial charge in [-0.15, -0.1) is 0 Å². The lowest BCUT2D eigenvalue weighted by molar-refractivity contribution is -0.127. The number of carbonyl (C=O) groups is 2. The van der Waals surface area contributed by atoms with Gasteiger partial charge in [-0.05, 0) is 35.4 Å². The molecule has 6 nitrogen and oxygen atoms in total. The number of ether oxygens (including phenoxy) is 4. The van der Waals surface area contributed by atoms with Gasteiger partial charge in [-0.2, -0.15) is 0 Å². The number of carbonyl (C=O) groups excluding carboxylic acids is 2. The highest BCUT2D eigenvalue weighted by molar-refractivity contribution is 5.91. The summed E-state index contributed by atoms with van der Waals surface area (Å²) in [5.74, 6) is -0.670. The van der Waals surface area contributed by atoms with Crippen LogP contribution in [-0.4, -0.2) is 51.6 Å². The summed E-state index contributed by atoms with van der Waals surface area (Å²) in [6.07, 6.45) is 0. The van der Waals surface area contributed by atoms with Crippen molar-refractivity contribution < 1.29 is 28.5 Å². The molecule has 0 N–H and O–H groups in total. The zero-order chi connectivity index (χ0) is 21.2. The van der Waals surface area contributed by atoms with E-state index in [1.807, 2.05) is 38.1 Å². The Kier molecular flexibility index (Phi) is 5.62. The van der Waals surface area contributed by atoms with E-state index in [2.05, 4.69) is 0 Å². The summed E-state index contributed by atoms with van der Waals surface area (Å²) in [6, 6.07) is 14.5. The zero-order valence-corrected chi connectivity index (χ0v) is 17.3. The predicted octanol–water partition coefficient (Wildman–Crippen LogP) is 3.74. The lowest BCUT2D eigenvalue weighted by atomic mass is 9.90. The van der Waals surface area contributed by atoms with Gasteiger partial charge in [0, 0.05) is 10.8 Å². The smallest absolute Gasteiger partial charge is 0.338 e. The first-order chi connectivity index (χ1) is 14.4. The Labute approximate surface area is 176 Å². The molecule has 0 radical (unpaired) electrons. The third-order valence-corrected chi connectivity index (χ3v) is 5.48. The average molecular weight is 410 g/mol. The van der Waals surface area contributed by atoms with Crippen molar-refractivity contribution in [3.8, 4) is 11.1 Å². The quantitative estimate of drug-likeness (QED) is 0.648. The SMILES string of the molecule is CC1(COC(=O)c2ccc(-c3ccc(C(=O)OCC4(C)COC4)cc3)cc2)COC1. The maximum atomic E-state index is 12.2. The highest BCUT2D eigenvalue weighted by Gasteiger charge is 2.35. The van der Waals surface area contributed by atoms with E-state index >= 15 is 0 Å². The molecule has 6 heteroatoms. The van der Waals surface area contributed by atoms with Gasteiger partial charge in [0.15, 0.2) is 0 Å². The highest BCUT2D eigenvalue weighted by Crippen LogP contribution is 2.28. The Morgan fingerprint density at radius 3 is 1.30 bits per heavy atom. The number of hydrogen-bond donors (Lipinski definition) is 0. The van der Waals surface area contributed by atoms with Crippen LogP contribution in [0.4, 0.5) is 0 Å². The third-order valence-electron chi connectivity index (χ3n) is 5.48. The predicted molar refractivity (Wildman–Crippen MR) is 110 cm³/mol. The molecular weight excluding hydrogens is 384 g/mol. The summed E-state index contributed by atoms with van der Waals surface area (Å²) >= 11 is 0. The molecule has 4 rings (SSSR count). The molecule has 0 bridgehead atoms. The van der Waals surface area contributed by atoms with Crippen LogP contribution in [-0.2, 0) is 18.9 Å².